The molecule has 0 spiro atoms. The summed E-state index contributed by atoms with van der Waals surface area (Å²) < 4.78 is 68.4. The van der Waals surface area contributed by atoms with Crippen molar-refractivity contribution in [3.8, 4) is 0 Å². The van der Waals surface area contributed by atoms with Crippen LogP contribution in [0.3, 0.4) is 0 Å². The highest BCUT2D eigenvalue weighted by Crippen LogP contribution is 2.44. The minimum Gasteiger partial charge on any atom is -0.322 e. The van der Waals surface area contributed by atoms with Crippen LogP contribution in [0.2, 0.25) is 0 Å². The molecule has 1 fully saturated rings. The second-order valence-electron chi connectivity index (χ2n) is 8.08. The smallest absolute Gasteiger partial charge is 0.322 e. The zero-order valence-electron chi connectivity index (χ0n) is 17.6. The van der Waals surface area contributed by atoms with Gasteiger partial charge in [-0.3, -0.25) is 9.69 Å². The maximum atomic E-state index is 13.0. The van der Waals surface area contributed by atoms with Gasteiger partial charge in [-0.25, -0.2) is 0 Å². The Balaban J connectivity index is 1.48. The molecule has 0 unspecified atom stereocenters. The van der Waals surface area contributed by atoms with Gasteiger partial charge in [-0.05, 0) is 67.4 Å². The van der Waals surface area contributed by atoms with Crippen molar-refractivity contribution in [3.63, 3.8) is 0 Å². The predicted molar refractivity (Wildman–Crippen MR) is 122 cm³/mol. The van der Waals surface area contributed by atoms with Crippen molar-refractivity contribution in [2.75, 3.05) is 10.2 Å². The summed E-state index contributed by atoms with van der Waals surface area (Å²) in [6.45, 7) is 0. The van der Waals surface area contributed by atoms with E-state index >= 15 is 0 Å². The number of hydrogen-bond donors (Lipinski definition) is 1. The number of rotatable bonds is 4. The number of carbonyl (C=O) groups is 1. The molecule has 10 heteroatoms. The van der Waals surface area contributed by atoms with Crippen molar-refractivity contribution in [1.82, 2.24) is 0 Å². The van der Waals surface area contributed by atoms with Crippen LogP contribution in [0.15, 0.2) is 82.1 Å². The standard InChI is InChI=1S/C24H18F3N3O3S/c25-24(26,27)17-10-8-16(9-11-17)23(31)28-18-12-13-20-21(14-18)34(32,33)29-22(15-6-7-15)30(20)19-4-2-1-3-5-19/h1-5,8-15H,6-7H2,(H,28,31). The molecular formula is C24H18F3N3O3S. The number of fused-ring (bicyclic) bond motifs is 1. The molecule has 1 N–H and O–H groups in total. The molecular weight excluding hydrogens is 467 g/mol. The van der Waals surface area contributed by atoms with E-state index in [1.807, 2.05) is 35.2 Å². The molecule has 1 amide bonds. The first-order valence-electron chi connectivity index (χ1n) is 10.5. The van der Waals surface area contributed by atoms with Crippen molar-refractivity contribution in [2.24, 2.45) is 10.3 Å². The number of carbonyl (C=O) groups excluding carboxylic acids is 1. The molecule has 1 heterocycles. The van der Waals surface area contributed by atoms with E-state index in [1.54, 1.807) is 12.1 Å². The number of sulfonamides is 1. The Kier molecular flexibility index (Phi) is 5.20. The average molecular weight is 485 g/mol. The SMILES string of the molecule is O=C(Nc1ccc2c(c1)S(=O)(=O)N=C(C1CC1)N2c1ccccc1)c1ccc(C(F)(F)F)cc1. The number of para-hydroxylation sites is 1. The van der Waals surface area contributed by atoms with Gasteiger partial charge in [0.2, 0.25) is 0 Å². The summed E-state index contributed by atoms with van der Waals surface area (Å²) in [7, 11) is -4.01. The Hall–Kier alpha value is -3.66. The third-order valence-corrected chi connectivity index (χ3v) is 6.92. The molecule has 0 aromatic heterocycles. The van der Waals surface area contributed by atoms with Crippen LogP contribution >= 0.6 is 0 Å². The first-order chi connectivity index (χ1) is 16.1. The largest absolute Gasteiger partial charge is 0.416 e. The average Bonchev–Trinajstić information content (AvgIpc) is 3.65. The van der Waals surface area contributed by atoms with Crippen LogP contribution in [0.5, 0.6) is 0 Å². The van der Waals surface area contributed by atoms with Gasteiger partial charge in [0.25, 0.3) is 15.9 Å². The maximum absolute atomic E-state index is 13.0. The molecule has 0 atom stereocenters. The summed E-state index contributed by atoms with van der Waals surface area (Å²) in [5.41, 5.74) is 0.523. The lowest BCUT2D eigenvalue weighted by Gasteiger charge is -2.31. The number of nitrogens with one attached hydrogen (secondary N) is 1. The normalized spacial score (nSPS) is 17.0. The number of benzene rings is 3. The Bertz CT molecular complexity index is 1400. The van der Waals surface area contributed by atoms with Crippen molar-refractivity contribution in [3.05, 3.63) is 83.9 Å². The minimum absolute atomic E-state index is 0.00790. The van der Waals surface area contributed by atoms with Gasteiger partial charge in [-0.2, -0.15) is 21.6 Å². The van der Waals surface area contributed by atoms with Gasteiger partial charge >= 0.3 is 6.18 Å². The molecule has 0 saturated heterocycles. The fraction of sp³-hybridized carbons (Fsp3) is 0.167. The third-order valence-electron chi connectivity index (χ3n) is 5.61. The second kappa shape index (κ2) is 7.98. The highest BCUT2D eigenvalue weighted by atomic mass is 32.2. The zero-order chi connectivity index (χ0) is 24.1. The lowest BCUT2D eigenvalue weighted by Crippen LogP contribution is -2.33. The van der Waals surface area contributed by atoms with E-state index in [0.29, 0.717) is 11.5 Å². The van der Waals surface area contributed by atoms with Gasteiger partial charge in [-0.15, -0.1) is 4.40 Å². The molecule has 174 valence electrons. The van der Waals surface area contributed by atoms with E-state index < -0.39 is 27.7 Å². The van der Waals surface area contributed by atoms with Gasteiger partial charge < -0.3 is 5.32 Å². The van der Waals surface area contributed by atoms with Crippen LogP contribution in [0.4, 0.5) is 30.2 Å². The Labute approximate surface area is 193 Å². The van der Waals surface area contributed by atoms with E-state index in [-0.39, 0.29) is 22.1 Å². The Morgan fingerprint density at radius 2 is 1.65 bits per heavy atom. The lowest BCUT2D eigenvalue weighted by molar-refractivity contribution is -0.137. The van der Waals surface area contributed by atoms with Crippen LogP contribution < -0.4 is 10.2 Å². The van der Waals surface area contributed by atoms with Crippen LogP contribution in [0.25, 0.3) is 0 Å². The van der Waals surface area contributed by atoms with Crippen molar-refractivity contribution in [2.45, 2.75) is 23.9 Å². The predicted octanol–water partition coefficient (Wildman–Crippen LogP) is 5.61. The Morgan fingerprint density at radius 3 is 2.26 bits per heavy atom. The molecule has 34 heavy (non-hydrogen) atoms. The van der Waals surface area contributed by atoms with Gasteiger partial charge in [0.15, 0.2) is 0 Å². The zero-order valence-corrected chi connectivity index (χ0v) is 18.4. The molecule has 0 radical (unpaired) electrons. The molecule has 1 saturated carbocycles. The lowest BCUT2D eigenvalue weighted by atomic mass is 10.1. The molecule has 1 aliphatic carbocycles. The highest BCUT2D eigenvalue weighted by Gasteiger charge is 2.40. The van der Waals surface area contributed by atoms with Gasteiger partial charge in [-0.1, -0.05) is 18.2 Å². The van der Waals surface area contributed by atoms with Crippen molar-refractivity contribution in [1.29, 1.82) is 0 Å². The number of amides is 1. The van der Waals surface area contributed by atoms with Gasteiger partial charge in [0.1, 0.15) is 10.7 Å². The van der Waals surface area contributed by atoms with E-state index in [9.17, 15) is 26.4 Å². The van der Waals surface area contributed by atoms with E-state index in [1.165, 1.54) is 6.07 Å². The highest BCUT2D eigenvalue weighted by molar-refractivity contribution is 7.90. The second-order valence-corrected chi connectivity index (χ2v) is 9.65. The first-order valence-corrected chi connectivity index (χ1v) is 11.9. The summed E-state index contributed by atoms with van der Waals surface area (Å²) >= 11 is 0. The fourth-order valence-corrected chi connectivity index (χ4v) is 5.06. The first kappa shape index (κ1) is 22.1. The summed E-state index contributed by atoms with van der Waals surface area (Å²) in [5.74, 6) is -0.133. The number of nitrogens with zero attached hydrogens (tertiary/aromatic N) is 2. The van der Waals surface area contributed by atoms with Crippen LogP contribution in [0, 0.1) is 5.92 Å². The van der Waals surface area contributed by atoms with E-state index in [4.69, 9.17) is 0 Å². The van der Waals surface area contributed by atoms with Crippen LogP contribution in [-0.2, 0) is 16.2 Å². The molecule has 5 rings (SSSR count). The molecule has 3 aromatic rings. The number of hydrogen-bond acceptors (Lipinski definition) is 4. The number of halogens is 3. The molecule has 3 aromatic carbocycles. The topological polar surface area (TPSA) is 78.8 Å². The molecule has 0 bridgehead atoms. The Morgan fingerprint density at radius 1 is 0.971 bits per heavy atom. The molecule has 6 nitrogen and oxygen atoms in total. The number of amidine groups is 1. The van der Waals surface area contributed by atoms with Crippen LogP contribution in [0.1, 0.15) is 28.8 Å². The summed E-state index contributed by atoms with van der Waals surface area (Å²) in [5, 5.41) is 2.55. The van der Waals surface area contributed by atoms with Gasteiger partial charge in [0, 0.05) is 22.9 Å². The number of anilines is 3. The molecule has 1 aliphatic heterocycles. The monoisotopic (exact) mass is 485 g/mol. The minimum atomic E-state index is -4.51. The third kappa shape index (κ3) is 4.16. The fourth-order valence-electron chi connectivity index (χ4n) is 3.78. The summed E-state index contributed by atoms with van der Waals surface area (Å²) in [4.78, 5) is 14.3. The summed E-state index contributed by atoms with van der Waals surface area (Å²) in [6.07, 6.45) is -2.80. The van der Waals surface area contributed by atoms with E-state index in [0.717, 1.165) is 42.8 Å². The maximum Gasteiger partial charge on any atom is 0.416 e. The number of alkyl halides is 3. The van der Waals surface area contributed by atoms with Crippen molar-refractivity contribution < 1.29 is 26.4 Å². The quantitative estimate of drug-likeness (QED) is 0.521. The molecule has 2 aliphatic rings. The summed E-state index contributed by atoms with van der Waals surface area (Å²) in [6, 6.07) is 17.5. The van der Waals surface area contributed by atoms with Gasteiger partial charge in [0.05, 0.1) is 11.3 Å². The van der Waals surface area contributed by atoms with E-state index in [2.05, 4.69) is 9.71 Å². The van der Waals surface area contributed by atoms with Crippen molar-refractivity contribution >= 4 is 38.8 Å². The van der Waals surface area contributed by atoms with Crippen LogP contribution in [-0.4, -0.2) is 20.2 Å².